The summed E-state index contributed by atoms with van der Waals surface area (Å²) in [6, 6.07) is 21.6. The highest BCUT2D eigenvalue weighted by molar-refractivity contribution is 7.89. The number of hydrogen-bond donors (Lipinski definition) is 3. The molecular weight excluding hydrogens is 444 g/mol. The van der Waals surface area contributed by atoms with Crippen LogP contribution in [0.1, 0.15) is 0 Å². The molecule has 0 spiro atoms. The molecule has 0 unspecified atom stereocenters. The Morgan fingerprint density at radius 3 is 2.36 bits per heavy atom. The van der Waals surface area contributed by atoms with Gasteiger partial charge in [0.1, 0.15) is 5.75 Å². The summed E-state index contributed by atoms with van der Waals surface area (Å²) < 4.78 is 29.9. The molecule has 4 N–H and O–H groups in total. The molecular formula is C22H20N6O4S. The first kappa shape index (κ1) is 22.0. The van der Waals surface area contributed by atoms with Crippen LogP contribution in [0.25, 0.3) is 17.1 Å². The van der Waals surface area contributed by atoms with Gasteiger partial charge in [-0.1, -0.05) is 36.4 Å². The Morgan fingerprint density at radius 2 is 1.70 bits per heavy atom. The van der Waals surface area contributed by atoms with Crippen LogP contribution in [0.3, 0.4) is 0 Å². The normalized spacial score (nSPS) is 11.1. The molecule has 0 aliphatic heterocycles. The average Bonchev–Trinajstić information content (AvgIpc) is 3.23. The van der Waals surface area contributed by atoms with E-state index >= 15 is 0 Å². The lowest BCUT2D eigenvalue weighted by atomic mass is 10.2. The minimum Gasteiger partial charge on any atom is -0.497 e. The van der Waals surface area contributed by atoms with Crippen LogP contribution in [0, 0.1) is 0 Å². The topological polar surface area (TPSA) is 141 Å². The molecule has 2 amide bonds. The van der Waals surface area contributed by atoms with Crippen molar-refractivity contribution in [1.29, 1.82) is 0 Å². The zero-order valence-corrected chi connectivity index (χ0v) is 18.3. The van der Waals surface area contributed by atoms with E-state index < -0.39 is 16.1 Å². The number of aromatic nitrogens is 3. The van der Waals surface area contributed by atoms with Gasteiger partial charge in [-0.15, -0.1) is 5.10 Å². The summed E-state index contributed by atoms with van der Waals surface area (Å²) >= 11 is 0. The molecule has 4 aromatic rings. The van der Waals surface area contributed by atoms with Crippen molar-refractivity contribution in [2.45, 2.75) is 4.90 Å². The van der Waals surface area contributed by atoms with Gasteiger partial charge in [-0.3, -0.25) is 5.32 Å². The van der Waals surface area contributed by atoms with Gasteiger partial charge in [0, 0.05) is 11.3 Å². The number of benzene rings is 3. The van der Waals surface area contributed by atoms with E-state index in [0.29, 0.717) is 11.6 Å². The number of sulfonamides is 1. The number of carbonyl (C=O) groups excluding carboxylic acids is 1. The Morgan fingerprint density at radius 1 is 0.970 bits per heavy atom. The fraction of sp³-hybridized carbons (Fsp3) is 0.0455. The molecule has 0 fully saturated rings. The van der Waals surface area contributed by atoms with Crippen LogP contribution in [0.5, 0.6) is 5.75 Å². The number of nitrogens with zero attached hydrogens (tertiary/aromatic N) is 3. The van der Waals surface area contributed by atoms with Crippen LogP contribution >= 0.6 is 0 Å². The van der Waals surface area contributed by atoms with Crippen molar-refractivity contribution in [1.82, 2.24) is 14.8 Å². The fourth-order valence-corrected chi connectivity index (χ4v) is 3.62. The van der Waals surface area contributed by atoms with Gasteiger partial charge >= 0.3 is 6.03 Å². The maximum absolute atomic E-state index is 12.5. The van der Waals surface area contributed by atoms with E-state index in [1.165, 1.54) is 24.3 Å². The maximum atomic E-state index is 12.5. The standard InChI is InChI=1S/C22H20N6O4S/c1-32-18-12-10-17(11-13-18)28-20(15-6-3-2-4-7-15)25-21(27-28)26-22(29)24-16-8-5-9-19(14-16)33(23,30)31/h2-14H,1H3,(H2,23,30,31)(H2,24,26,27,29). The number of amides is 2. The number of nitrogens with one attached hydrogen (secondary N) is 2. The number of urea groups is 1. The van der Waals surface area contributed by atoms with E-state index in [0.717, 1.165) is 11.3 Å². The van der Waals surface area contributed by atoms with E-state index in [1.54, 1.807) is 23.9 Å². The van der Waals surface area contributed by atoms with E-state index in [4.69, 9.17) is 9.88 Å². The third-order valence-electron chi connectivity index (χ3n) is 4.60. The number of hydrogen-bond acceptors (Lipinski definition) is 6. The number of rotatable bonds is 6. The predicted octanol–water partition coefficient (Wildman–Crippen LogP) is 3.23. The van der Waals surface area contributed by atoms with Crippen molar-refractivity contribution in [2.75, 3.05) is 17.7 Å². The van der Waals surface area contributed by atoms with Gasteiger partial charge in [0.2, 0.25) is 10.0 Å². The highest BCUT2D eigenvalue weighted by atomic mass is 32.2. The number of ether oxygens (including phenoxy) is 1. The SMILES string of the molecule is COc1ccc(-n2nc(NC(=O)Nc3cccc(S(N)(=O)=O)c3)nc2-c2ccccc2)cc1. The van der Waals surface area contributed by atoms with Gasteiger partial charge in [-0.05, 0) is 42.5 Å². The molecule has 10 nitrogen and oxygen atoms in total. The Kier molecular flexibility index (Phi) is 6.07. The smallest absolute Gasteiger partial charge is 0.326 e. The van der Waals surface area contributed by atoms with Crippen LogP contribution in [-0.4, -0.2) is 36.3 Å². The van der Waals surface area contributed by atoms with E-state index in [-0.39, 0.29) is 16.5 Å². The third kappa shape index (κ3) is 5.17. The van der Waals surface area contributed by atoms with Crippen LogP contribution in [0.4, 0.5) is 16.4 Å². The van der Waals surface area contributed by atoms with Crippen molar-refractivity contribution < 1.29 is 17.9 Å². The van der Waals surface area contributed by atoms with E-state index in [1.807, 2.05) is 42.5 Å². The van der Waals surface area contributed by atoms with E-state index in [2.05, 4.69) is 20.7 Å². The van der Waals surface area contributed by atoms with Crippen LogP contribution in [0.2, 0.25) is 0 Å². The van der Waals surface area contributed by atoms with Gasteiger partial charge in [0.25, 0.3) is 5.95 Å². The number of nitrogens with two attached hydrogens (primary N) is 1. The highest BCUT2D eigenvalue weighted by Gasteiger charge is 2.16. The largest absolute Gasteiger partial charge is 0.497 e. The molecule has 0 atom stereocenters. The maximum Gasteiger partial charge on any atom is 0.326 e. The molecule has 0 aliphatic carbocycles. The Bertz CT molecular complexity index is 1390. The molecule has 0 aliphatic rings. The number of primary sulfonamides is 1. The minimum atomic E-state index is -3.90. The highest BCUT2D eigenvalue weighted by Crippen LogP contribution is 2.24. The molecule has 33 heavy (non-hydrogen) atoms. The Labute approximate surface area is 190 Å². The molecule has 4 rings (SSSR count). The molecule has 0 saturated carbocycles. The summed E-state index contributed by atoms with van der Waals surface area (Å²) in [6.07, 6.45) is 0. The summed E-state index contributed by atoms with van der Waals surface area (Å²) in [6.45, 7) is 0. The molecule has 0 radical (unpaired) electrons. The second-order valence-electron chi connectivity index (χ2n) is 6.89. The van der Waals surface area contributed by atoms with Gasteiger partial charge in [0.05, 0.1) is 17.7 Å². The number of methoxy groups -OCH3 is 1. The lowest BCUT2D eigenvalue weighted by molar-refractivity contribution is 0.262. The average molecular weight is 465 g/mol. The Balaban J connectivity index is 1.62. The van der Waals surface area contributed by atoms with Gasteiger partial charge in [-0.25, -0.2) is 23.0 Å². The molecule has 0 saturated heterocycles. The molecule has 168 valence electrons. The predicted molar refractivity (Wildman–Crippen MR) is 124 cm³/mol. The fourth-order valence-electron chi connectivity index (χ4n) is 3.06. The van der Waals surface area contributed by atoms with Crippen LogP contribution in [0.15, 0.2) is 83.8 Å². The van der Waals surface area contributed by atoms with Crippen LogP contribution in [-0.2, 0) is 10.0 Å². The molecule has 11 heteroatoms. The van der Waals surface area contributed by atoms with Crippen molar-refractivity contribution >= 4 is 27.7 Å². The summed E-state index contributed by atoms with van der Waals surface area (Å²) in [4.78, 5) is 16.9. The van der Waals surface area contributed by atoms with Gasteiger partial charge < -0.3 is 10.1 Å². The zero-order chi connectivity index (χ0) is 23.4. The summed E-state index contributed by atoms with van der Waals surface area (Å²) in [5.41, 5.74) is 1.77. The lowest BCUT2D eigenvalue weighted by Gasteiger charge is -2.07. The molecule has 3 aromatic carbocycles. The molecule has 1 heterocycles. The van der Waals surface area contributed by atoms with Crippen molar-refractivity contribution in [3.05, 3.63) is 78.9 Å². The summed E-state index contributed by atoms with van der Waals surface area (Å²) in [7, 11) is -2.31. The lowest BCUT2D eigenvalue weighted by Crippen LogP contribution is -2.21. The second-order valence-corrected chi connectivity index (χ2v) is 8.45. The first-order valence-electron chi connectivity index (χ1n) is 9.71. The third-order valence-corrected chi connectivity index (χ3v) is 5.51. The quantitative estimate of drug-likeness (QED) is 0.400. The Hall–Kier alpha value is -4.22. The minimum absolute atomic E-state index is 0.0600. The number of carbonyl (C=O) groups is 1. The summed E-state index contributed by atoms with van der Waals surface area (Å²) in [5.74, 6) is 1.27. The van der Waals surface area contributed by atoms with Gasteiger partial charge in [0.15, 0.2) is 5.82 Å². The first-order chi connectivity index (χ1) is 15.8. The number of anilines is 2. The molecule has 0 bridgehead atoms. The van der Waals surface area contributed by atoms with E-state index in [9.17, 15) is 13.2 Å². The van der Waals surface area contributed by atoms with Crippen LogP contribution < -0.4 is 20.5 Å². The monoisotopic (exact) mass is 464 g/mol. The van der Waals surface area contributed by atoms with Crippen molar-refractivity contribution in [2.24, 2.45) is 5.14 Å². The first-order valence-corrected chi connectivity index (χ1v) is 11.3. The summed E-state index contributed by atoms with van der Waals surface area (Å²) in [5, 5.41) is 14.7. The van der Waals surface area contributed by atoms with Gasteiger partial charge in [-0.2, -0.15) is 4.98 Å². The molecule has 1 aromatic heterocycles. The van der Waals surface area contributed by atoms with Crippen molar-refractivity contribution in [3.8, 4) is 22.8 Å². The second kappa shape index (κ2) is 9.10. The zero-order valence-electron chi connectivity index (χ0n) is 17.5. The van der Waals surface area contributed by atoms with Crippen molar-refractivity contribution in [3.63, 3.8) is 0 Å².